The lowest BCUT2D eigenvalue weighted by atomic mass is 10.1. The van der Waals surface area contributed by atoms with Gasteiger partial charge in [-0.3, -0.25) is 19.1 Å². The van der Waals surface area contributed by atoms with E-state index in [1.54, 1.807) is 11.6 Å². The predicted octanol–water partition coefficient (Wildman–Crippen LogP) is 0.666. The second-order valence-corrected chi connectivity index (χ2v) is 6.72. The Balaban J connectivity index is 1.77. The Hall–Kier alpha value is -1.95. The largest absolute Gasteiger partial charge is 0.341 e. The minimum absolute atomic E-state index is 0.0287. The minimum Gasteiger partial charge on any atom is -0.341 e. The molecule has 1 saturated heterocycles. The van der Waals surface area contributed by atoms with Gasteiger partial charge in [-0.15, -0.1) is 6.58 Å². The molecule has 0 N–H and O–H groups in total. The molecule has 1 aromatic heterocycles. The summed E-state index contributed by atoms with van der Waals surface area (Å²) >= 11 is 0. The first-order valence-electron chi connectivity index (χ1n) is 8.72. The third-order valence-corrected chi connectivity index (χ3v) is 5.27. The maximum atomic E-state index is 13.0. The number of carbonyl (C=O) groups excluding carboxylic acids is 1. The van der Waals surface area contributed by atoms with E-state index in [4.69, 9.17) is 0 Å². The predicted molar refractivity (Wildman–Crippen MR) is 93.0 cm³/mol. The Bertz CT molecular complexity index is 710. The number of amides is 1. The lowest BCUT2D eigenvalue weighted by Crippen LogP contribution is -2.46. The van der Waals surface area contributed by atoms with Gasteiger partial charge >= 0.3 is 0 Å². The van der Waals surface area contributed by atoms with Gasteiger partial charge in [0.2, 0.25) is 5.91 Å². The number of fused-ring (bicyclic) bond motifs is 1. The molecule has 0 saturated carbocycles. The fourth-order valence-corrected chi connectivity index (χ4v) is 3.79. The fourth-order valence-electron chi connectivity index (χ4n) is 3.79. The van der Waals surface area contributed by atoms with Crippen LogP contribution in [0.4, 0.5) is 0 Å². The van der Waals surface area contributed by atoms with Gasteiger partial charge in [-0.2, -0.15) is 0 Å². The maximum absolute atomic E-state index is 13.0. The van der Waals surface area contributed by atoms with Crippen LogP contribution in [0.5, 0.6) is 0 Å². The van der Waals surface area contributed by atoms with E-state index in [0.29, 0.717) is 25.9 Å². The van der Waals surface area contributed by atoms with Crippen LogP contribution >= 0.6 is 0 Å². The monoisotopic (exact) mass is 330 g/mol. The lowest BCUT2D eigenvalue weighted by Gasteiger charge is -2.28. The fraction of sp³-hybridized carbons (Fsp3) is 0.611. The number of hydrogen-bond acceptors (Lipinski definition) is 4. The average Bonchev–Trinajstić information content (AvgIpc) is 2.92. The molecule has 3 heterocycles. The number of aryl methyl sites for hydroxylation is 1. The second kappa shape index (κ2) is 6.89. The van der Waals surface area contributed by atoms with Crippen molar-refractivity contribution in [3.05, 3.63) is 40.1 Å². The molecular weight excluding hydrogens is 304 g/mol. The number of hydrogen-bond donors (Lipinski definition) is 0. The van der Waals surface area contributed by atoms with Crippen molar-refractivity contribution in [2.24, 2.45) is 7.05 Å². The Kier molecular flexibility index (Phi) is 4.85. The number of aromatic nitrogens is 2. The van der Waals surface area contributed by atoms with E-state index >= 15 is 0 Å². The van der Waals surface area contributed by atoms with Crippen LogP contribution in [0.15, 0.2) is 17.4 Å². The highest BCUT2D eigenvalue weighted by Gasteiger charge is 2.33. The van der Waals surface area contributed by atoms with Crippen molar-refractivity contribution in [3.63, 3.8) is 0 Å². The quantitative estimate of drug-likeness (QED) is 0.764. The van der Waals surface area contributed by atoms with E-state index in [1.807, 2.05) is 17.9 Å². The molecule has 0 bridgehead atoms. The van der Waals surface area contributed by atoms with Gasteiger partial charge in [-0.05, 0) is 32.7 Å². The van der Waals surface area contributed by atoms with Crippen LogP contribution in [0.3, 0.4) is 0 Å². The van der Waals surface area contributed by atoms with Crippen LogP contribution < -0.4 is 5.56 Å². The molecule has 1 aromatic rings. The van der Waals surface area contributed by atoms with Gasteiger partial charge in [0.05, 0.1) is 11.7 Å². The Labute approximate surface area is 142 Å². The second-order valence-electron chi connectivity index (χ2n) is 6.72. The van der Waals surface area contributed by atoms with E-state index in [0.717, 1.165) is 43.0 Å². The van der Waals surface area contributed by atoms with Crippen molar-refractivity contribution in [1.82, 2.24) is 19.4 Å². The minimum atomic E-state index is -0.0401. The van der Waals surface area contributed by atoms with E-state index in [-0.39, 0.29) is 17.5 Å². The summed E-state index contributed by atoms with van der Waals surface area (Å²) in [4.78, 5) is 34.1. The summed E-state index contributed by atoms with van der Waals surface area (Å²) in [6.45, 7) is 8.59. The summed E-state index contributed by atoms with van der Waals surface area (Å²) in [5.41, 5.74) is 1.66. The molecule has 0 aliphatic carbocycles. The van der Waals surface area contributed by atoms with Crippen molar-refractivity contribution < 1.29 is 4.79 Å². The van der Waals surface area contributed by atoms with Crippen molar-refractivity contribution >= 4 is 5.91 Å². The van der Waals surface area contributed by atoms with Gasteiger partial charge in [0, 0.05) is 38.7 Å². The molecule has 1 atom stereocenters. The van der Waals surface area contributed by atoms with Crippen LogP contribution in [0, 0.1) is 6.92 Å². The Morgan fingerprint density at radius 2 is 2.08 bits per heavy atom. The van der Waals surface area contributed by atoms with E-state index in [2.05, 4.69) is 16.5 Å². The SMILES string of the molecule is C=CCN1CCCC1C(=O)N1CCc2nc(C)n(C)c(=O)c2CC1. The number of carbonyl (C=O) groups is 1. The van der Waals surface area contributed by atoms with Crippen LogP contribution in [0.2, 0.25) is 0 Å². The number of rotatable bonds is 3. The molecule has 1 fully saturated rings. The molecule has 0 spiro atoms. The van der Waals surface area contributed by atoms with E-state index in [9.17, 15) is 9.59 Å². The molecule has 1 unspecified atom stereocenters. The normalized spacial score (nSPS) is 21.4. The van der Waals surface area contributed by atoms with Crippen molar-refractivity contribution in [2.45, 2.75) is 38.6 Å². The highest BCUT2D eigenvalue weighted by atomic mass is 16.2. The zero-order chi connectivity index (χ0) is 17.3. The van der Waals surface area contributed by atoms with Gasteiger partial charge in [0.1, 0.15) is 5.82 Å². The summed E-state index contributed by atoms with van der Waals surface area (Å²) in [7, 11) is 1.75. The van der Waals surface area contributed by atoms with Crippen molar-refractivity contribution in [3.8, 4) is 0 Å². The van der Waals surface area contributed by atoms with Crippen LogP contribution in [0.25, 0.3) is 0 Å². The van der Waals surface area contributed by atoms with Crippen LogP contribution in [0.1, 0.15) is 29.9 Å². The summed E-state index contributed by atoms with van der Waals surface area (Å²) in [5.74, 6) is 0.919. The molecule has 24 heavy (non-hydrogen) atoms. The molecule has 130 valence electrons. The molecule has 2 aliphatic heterocycles. The standard InChI is InChI=1S/C18H26N4O2/c1-4-9-21-10-5-6-16(21)18(24)22-11-7-14-15(8-12-22)19-13(2)20(3)17(14)23/h4,16H,1,5-12H2,2-3H3. The Morgan fingerprint density at radius 3 is 2.83 bits per heavy atom. The highest BCUT2D eigenvalue weighted by molar-refractivity contribution is 5.82. The molecule has 1 amide bonds. The smallest absolute Gasteiger partial charge is 0.256 e. The molecule has 0 aromatic carbocycles. The van der Waals surface area contributed by atoms with Gasteiger partial charge in [0.15, 0.2) is 0 Å². The molecule has 0 radical (unpaired) electrons. The zero-order valence-corrected chi connectivity index (χ0v) is 14.6. The van der Waals surface area contributed by atoms with Crippen molar-refractivity contribution in [1.29, 1.82) is 0 Å². The average molecular weight is 330 g/mol. The summed E-state index contributed by atoms with van der Waals surface area (Å²) < 4.78 is 1.60. The Morgan fingerprint density at radius 1 is 1.33 bits per heavy atom. The van der Waals surface area contributed by atoms with Gasteiger partial charge in [-0.25, -0.2) is 4.98 Å². The van der Waals surface area contributed by atoms with E-state index in [1.165, 1.54) is 0 Å². The van der Waals surface area contributed by atoms with E-state index < -0.39 is 0 Å². The third kappa shape index (κ3) is 3.02. The molecule has 6 nitrogen and oxygen atoms in total. The summed E-state index contributed by atoms with van der Waals surface area (Å²) in [5, 5.41) is 0. The maximum Gasteiger partial charge on any atom is 0.256 e. The van der Waals surface area contributed by atoms with Crippen LogP contribution in [-0.2, 0) is 24.7 Å². The highest BCUT2D eigenvalue weighted by Crippen LogP contribution is 2.21. The number of likely N-dealkylation sites (tertiary alicyclic amines) is 1. The lowest BCUT2D eigenvalue weighted by molar-refractivity contribution is -0.135. The van der Waals surface area contributed by atoms with Gasteiger partial charge in [0.25, 0.3) is 5.56 Å². The van der Waals surface area contributed by atoms with Crippen LogP contribution in [-0.4, -0.2) is 57.5 Å². The van der Waals surface area contributed by atoms with Gasteiger partial charge < -0.3 is 4.90 Å². The first-order valence-corrected chi connectivity index (χ1v) is 8.72. The van der Waals surface area contributed by atoms with Gasteiger partial charge in [-0.1, -0.05) is 6.08 Å². The number of nitrogens with zero attached hydrogens (tertiary/aromatic N) is 4. The molecule has 3 rings (SSSR count). The first kappa shape index (κ1) is 16.9. The van der Waals surface area contributed by atoms with Crippen molar-refractivity contribution in [2.75, 3.05) is 26.2 Å². The molecule has 2 aliphatic rings. The summed E-state index contributed by atoms with van der Waals surface area (Å²) in [6.07, 6.45) is 5.08. The third-order valence-electron chi connectivity index (χ3n) is 5.27. The molecule has 6 heteroatoms. The molecular formula is C18H26N4O2. The topological polar surface area (TPSA) is 58.4 Å². The first-order chi connectivity index (χ1) is 11.5. The summed E-state index contributed by atoms with van der Waals surface area (Å²) in [6, 6.07) is -0.0401. The zero-order valence-electron chi connectivity index (χ0n) is 14.6.